The van der Waals surface area contributed by atoms with Crippen LogP contribution in [0.15, 0.2) is 86.0 Å². The number of hydrogen-bond acceptors (Lipinski definition) is 15. The standard InChI is InChI=1S/C20H30N5O2.C18H26N5O2.2CH3.2Ag.H2O/c1-18-24(8-4-14-27)11-12-25(18)16-20-6-2-5-19(21-20)15-23-10-9-22(17-23)7-3-13-26;1-16-22(10-12-25)7-8-23(16)14-18-4-2-3-17(19-18)13-21-6-5-20(15-21)9-11-24;;;;;/h2,5-6,9-12,17-18,26-27H,3-4,7-8,13-16H2,1H3;2-8,15-16,24-25H,9-14H2,1H3;2*1H3;;;1H2/q4*-1;;;/p-1. The van der Waals surface area contributed by atoms with Crippen LogP contribution in [0.3, 0.4) is 0 Å². The Labute approximate surface area is 372 Å². The molecule has 2 aromatic rings. The van der Waals surface area contributed by atoms with E-state index in [4.69, 9.17) is 30.4 Å². The first kappa shape index (κ1) is 53.9. The molecule has 0 saturated heterocycles. The summed E-state index contributed by atoms with van der Waals surface area (Å²) in [7, 11) is 0. The van der Waals surface area contributed by atoms with Crippen molar-refractivity contribution in [1.82, 2.24) is 49.2 Å². The van der Waals surface area contributed by atoms with Crippen LogP contribution in [0.4, 0.5) is 0 Å². The summed E-state index contributed by atoms with van der Waals surface area (Å²) in [6.07, 6.45) is 18.3. The fraction of sp³-hybridized carbons (Fsp3) is 0.450. The summed E-state index contributed by atoms with van der Waals surface area (Å²) >= 11 is 0. The minimum absolute atomic E-state index is 0. The van der Waals surface area contributed by atoms with Crippen molar-refractivity contribution in [2.75, 3.05) is 52.6 Å². The van der Waals surface area contributed by atoms with E-state index in [-0.39, 0.29) is 104 Å². The molecule has 6 rings (SSSR count). The molecule has 15 nitrogen and oxygen atoms in total. The van der Waals surface area contributed by atoms with Crippen molar-refractivity contribution in [3.8, 4) is 0 Å². The van der Waals surface area contributed by atoms with Gasteiger partial charge in [-0.2, -0.15) is 13.3 Å². The van der Waals surface area contributed by atoms with Crippen LogP contribution in [0.2, 0.25) is 0 Å². The molecule has 57 heavy (non-hydrogen) atoms. The minimum Gasteiger partial charge on any atom is -0.870 e. The summed E-state index contributed by atoms with van der Waals surface area (Å²) in [5, 5.41) is 36.1. The van der Waals surface area contributed by atoms with Crippen molar-refractivity contribution >= 4 is 0 Å². The normalized spacial score (nSPS) is 17.6. The van der Waals surface area contributed by atoms with E-state index < -0.39 is 0 Å². The molecule has 17 heteroatoms. The summed E-state index contributed by atoms with van der Waals surface area (Å²) in [6.45, 7) is 14.9. The number of nitrogens with zero attached hydrogens (tertiary/aromatic N) is 10. The third-order valence-electron chi connectivity index (χ3n) is 9.28. The first-order valence-electron chi connectivity index (χ1n) is 18.2. The molecule has 2 radical (unpaired) electrons. The van der Waals surface area contributed by atoms with Gasteiger partial charge in [-0.25, -0.2) is 0 Å². The summed E-state index contributed by atoms with van der Waals surface area (Å²) in [5.74, 6) is 0. The Bertz CT molecular complexity index is 1510. The number of aliphatic hydroxyl groups excluding tert-OH is 4. The van der Waals surface area contributed by atoms with E-state index in [1.165, 1.54) is 0 Å². The van der Waals surface area contributed by atoms with Crippen LogP contribution in [-0.2, 0) is 70.9 Å². The number of hydrogen-bond donors (Lipinski definition) is 4. The van der Waals surface area contributed by atoms with Crippen molar-refractivity contribution in [1.29, 1.82) is 0 Å². The monoisotopic (exact) mass is 977 g/mol. The smallest absolute Gasteiger partial charge is 0.0982 e. The Hall–Kier alpha value is -3.06. The summed E-state index contributed by atoms with van der Waals surface area (Å²) in [4.78, 5) is 26.6. The van der Waals surface area contributed by atoms with Gasteiger partial charge in [-0.05, 0) is 82.3 Å². The molecule has 2 unspecified atom stereocenters. The fourth-order valence-electron chi connectivity index (χ4n) is 6.34. The fourth-order valence-corrected chi connectivity index (χ4v) is 6.34. The average Bonchev–Trinajstić information content (AvgIpc) is 3.94. The quantitative estimate of drug-likeness (QED) is 0.127. The Morgan fingerprint density at radius 1 is 0.474 bits per heavy atom. The maximum atomic E-state index is 9.11. The number of aromatic nitrogens is 2. The topological polar surface area (TPSA) is 163 Å². The van der Waals surface area contributed by atoms with Crippen LogP contribution in [0, 0.1) is 28.2 Å². The Morgan fingerprint density at radius 2 is 0.842 bits per heavy atom. The van der Waals surface area contributed by atoms with Crippen LogP contribution in [0.5, 0.6) is 0 Å². The zero-order valence-electron chi connectivity index (χ0n) is 33.6. The minimum atomic E-state index is 0. The van der Waals surface area contributed by atoms with E-state index in [9.17, 15) is 0 Å². The van der Waals surface area contributed by atoms with E-state index in [0.717, 1.165) is 68.3 Å². The zero-order chi connectivity index (χ0) is 36.7. The van der Waals surface area contributed by atoms with Gasteiger partial charge in [0.25, 0.3) is 0 Å². The van der Waals surface area contributed by atoms with Crippen LogP contribution in [-0.4, -0.2) is 140 Å². The zero-order valence-corrected chi connectivity index (χ0v) is 36.6. The van der Waals surface area contributed by atoms with E-state index in [1.807, 2.05) is 67.4 Å². The van der Waals surface area contributed by atoms with Crippen molar-refractivity contribution < 1.29 is 70.7 Å². The van der Waals surface area contributed by atoms with Crippen LogP contribution in [0.1, 0.15) is 49.5 Å². The largest absolute Gasteiger partial charge is 0.870 e. The number of β-amino-alcohol motifs (C(OH)–C–C–N with tert-alkyl or cyclic N) is 2. The predicted octanol–water partition coefficient (Wildman–Crippen LogP) is 2.92. The predicted molar refractivity (Wildman–Crippen MR) is 214 cm³/mol. The molecule has 0 saturated carbocycles. The van der Waals surface area contributed by atoms with Gasteiger partial charge in [0, 0.05) is 115 Å². The molecule has 0 aromatic carbocycles. The van der Waals surface area contributed by atoms with Gasteiger partial charge in [-0.15, -0.1) is 0 Å². The number of pyridine rings is 2. The molecule has 5 N–H and O–H groups in total. The third kappa shape index (κ3) is 16.6. The van der Waals surface area contributed by atoms with Gasteiger partial charge in [0.1, 0.15) is 0 Å². The van der Waals surface area contributed by atoms with Crippen molar-refractivity contribution in [3.63, 3.8) is 0 Å². The van der Waals surface area contributed by atoms with Crippen molar-refractivity contribution in [2.45, 2.75) is 65.2 Å². The van der Waals surface area contributed by atoms with Crippen molar-refractivity contribution in [3.05, 3.63) is 137 Å². The van der Waals surface area contributed by atoms with E-state index in [0.29, 0.717) is 19.6 Å². The molecule has 0 bridgehead atoms. The summed E-state index contributed by atoms with van der Waals surface area (Å²) < 4.78 is 0. The van der Waals surface area contributed by atoms with Gasteiger partial charge in [-0.3, -0.25) is 9.97 Å². The molecule has 330 valence electrons. The van der Waals surface area contributed by atoms with E-state index in [1.54, 1.807) is 0 Å². The van der Waals surface area contributed by atoms with Gasteiger partial charge in [0.05, 0.1) is 61.4 Å². The summed E-state index contributed by atoms with van der Waals surface area (Å²) in [5.41, 5.74) is 4.11. The van der Waals surface area contributed by atoms with Gasteiger partial charge in [0.15, 0.2) is 0 Å². The number of rotatable bonds is 18. The Balaban J connectivity index is 0.00000101. The van der Waals surface area contributed by atoms with Crippen LogP contribution < -0.4 is 0 Å². The third-order valence-corrected chi connectivity index (χ3v) is 9.28. The second kappa shape index (κ2) is 28.4. The van der Waals surface area contributed by atoms with Gasteiger partial charge < -0.3 is 80.0 Å². The van der Waals surface area contributed by atoms with Gasteiger partial charge in [-0.1, -0.05) is 12.1 Å². The molecule has 6 heterocycles. The molecule has 4 aliphatic rings. The second-order valence-corrected chi connectivity index (χ2v) is 13.2. The first-order chi connectivity index (χ1) is 25.4. The molecule has 4 aliphatic heterocycles. The maximum Gasteiger partial charge on any atom is 0.0982 e. The summed E-state index contributed by atoms with van der Waals surface area (Å²) in [6, 6.07) is 12.3. The SMILES string of the molecule is CC1N(CCCO)C=CN1Cc1cccc(CN2C=CN(CCCO)[CH-]2)n1.CC1N(CCO)C=CN1Cc1cccc(CN2C=CN(CCO)[CH-]2)n1.[Ag].[Ag].[CH3-].[CH3-].[OH-]. The molecule has 0 spiro atoms. The average molecular weight is 980 g/mol. The Morgan fingerprint density at radius 3 is 1.28 bits per heavy atom. The van der Waals surface area contributed by atoms with Crippen LogP contribution in [0.25, 0.3) is 0 Å². The van der Waals surface area contributed by atoms with Gasteiger partial charge >= 0.3 is 0 Å². The molecule has 2 atom stereocenters. The van der Waals surface area contributed by atoms with Gasteiger partial charge in [0.2, 0.25) is 0 Å². The first-order valence-corrected chi connectivity index (χ1v) is 18.2. The molecule has 0 amide bonds. The van der Waals surface area contributed by atoms with Crippen molar-refractivity contribution in [2.24, 2.45) is 0 Å². The Kier molecular flexibility index (Phi) is 26.9. The maximum absolute atomic E-state index is 9.11. The van der Waals surface area contributed by atoms with E-state index in [2.05, 4.69) is 84.9 Å². The molecule has 0 aliphatic carbocycles. The second-order valence-electron chi connectivity index (χ2n) is 13.2. The van der Waals surface area contributed by atoms with E-state index >= 15 is 0 Å². The molecular formula is C40H63Ag2N10O5-5. The number of aliphatic hydroxyl groups is 4. The molecular weight excluding hydrogens is 916 g/mol. The van der Waals surface area contributed by atoms with Crippen LogP contribution >= 0.6 is 0 Å². The molecule has 2 aromatic heterocycles. The molecule has 0 fully saturated rings.